The fourth-order valence-electron chi connectivity index (χ4n) is 3.72. The Hall–Kier alpha value is -3.14. The van der Waals surface area contributed by atoms with Gasteiger partial charge in [-0.1, -0.05) is 30.0 Å². The average Bonchev–Trinajstić information content (AvgIpc) is 3.34. The predicted octanol–water partition coefficient (Wildman–Crippen LogP) is 0.577. The van der Waals surface area contributed by atoms with E-state index in [0.29, 0.717) is 35.0 Å². The smallest absolute Gasteiger partial charge is 0.265 e. The molecule has 1 atom stereocenters. The molecule has 10 heteroatoms. The standard InChI is InChI=1S/C19H18N6O3S/c26-15-10-23(7-6-20-15)16(27)8-13-11-29-19-22-17-14(18(28)24(13)19)9-21-25(17)12-4-2-1-3-5-12/h1-5,9,13H,6-8,10-11H2,(H,20,26). The monoisotopic (exact) mass is 410 g/mol. The van der Waals surface area contributed by atoms with E-state index in [1.54, 1.807) is 14.1 Å². The zero-order valence-corrected chi connectivity index (χ0v) is 16.3. The molecule has 9 nitrogen and oxygen atoms in total. The molecule has 1 saturated heterocycles. The largest absolute Gasteiger partial charge is 0.353 e. The molecule has 0 spiro atoms. The third-order valence-corrected chi connectivity index (χ3v) is 6.27. The number of thioether (sulfide) groups is 1. The van der Waals surface area contributed by atoms with E-state index in [2.05, 4.69) is 15.4 Å². The van der Waals surface area contributed by atoms with E-state index in [4.69, 9.17) is 0 Å². The van der Waals surface area contributed by atoms with Crippen molar-refractivity contribution >= 4 is 34.6 Å². The number of carbonyl (C=O) groups is 2. The summed E-state index contributed by atoms with van der Waals surface area (Å²) >= 11 is 1.46. The van der Waals surface area contributed by atoms with Crippen LogP contribution in [-0.2, 0) is 9.59 Å². The van der Waals surface area contributed by atoms with Crippen LogP contribution in [0.5, 0.6) is 0 Å². The molecule has 2 amide bonds. The second kappa shape index (κ2) is 7.03. The predicted molar refractivity (Wildman–Crippen MR) is 107 cm³/mol. The zero-order valence-electron chi connectivity index (χ0n) is 15.4. The number of rotatable bonds is 3. The van der Waals surface area contributed by atoms with Crippen LogP contribution < -0.4 is 10.9 Å². The number of amides is 2. The lowest BCUT2D eigenvalue weighted by Gasteiger charge is -2.27. The Kier molecular flexibility index (Phi) is 4.35. The van der Waals surface area contributed by atoms with Gasteiger partial charge in [0, 0.05) is 25.3 Å². The maximum Gasteiger partial charge on any atom is 0.265 e. The van der Waals surface area contributed by atoms with Gasteiger partial charge >= 0.3 is 0 Å². The number of piperazine rings is 1. The summed E-state index contributed by atoms with van der Waals surface area (Å²) in [6.45, 7) is 1.02. The van der Waals surface area contributed by atoms with Crippen LogP contribution in [0.3, 0.4) is 0 Å². The van der Waals surface area contributed by atoms with Gasteiger partial charge in [0.25, 0.3) is 5.56 Å². The number of carbonyl (C=O) groups excluding carboxylic acids is 2. The summed E-state index contributed by atoms with van der Waals surface area (Å²) in [6.07, 6.45) is 1.70. The van der Waals surface area contributed by atoms with E-state index in [-0.39, 0.29) is 36.4 Å². The third-order valence-electron chi connectivity index (χ3n) is 5.17. The minimum absolute atomic E-state index is 0.0710. The second-order valence-corrected chi connectivity index (χ2v) is 8.02. The summed E-state index contributed by atoms with van der Waals surface area (Å²) < 4.78 is 3.26. The molecule has 1 fully saturated rings. The average molecular weight is 410 g/mol. The van der Waals surface area contributed by atoms with Gasteiger partial charge < -0.3 is 10.2 Å². The molecular formula is C19H18N6O3S. The van der Waals surface area contributed by atoms with Crippen molar-refractivity contribution in [3.8, 4) is 5.69 Å². The Morgan fingerprint density at radius 3 is 2.86 bits per heavy atom. The lowest BCUT2D eigenvalue weighted by Crippen LogP contribution is -2.50. The molecule has 0 bridgehead atoms. The fraction of sp³-hybridized carbons (Fsp3) is 0.316. The van der Waals surface area contributed by atoms with Crippen LogP contribution in [0.1, 0.15) is 12.5 Å². The number of benzene rings is 1. The molecule has 0 aliphatic carbocycles. The normalized spacial score (nSPS) is 18.7. The Morgan fingerprint density at radius 1 is 1.24 bits per heavy atom. The Balaban J connectivity index is 1.47. The highest BCUT2D eigenvalue weighted by atomic mass is 32.2. The van der Waals surface area contributed by atoms with Crippen molar-refractivity contribution in [3.05, 3.63) is 46.9 Å². The minimum Gasteiger partial charge on any atom is -0.353 e. The van der Waals surface area contributed by atoms with Gasteiger partial charge in [-0.15, -0.1) is 0 Å². The van der Waals surface area contributed by atoms with Gasteiger partial charge in [0.05, 0.1) is 24.5 Å². The number of hydrogen-bond acceptors (Lipinski definition) is 6. The van der Waals surface area contributed by atoms with E-state index in [1.165, 1.54) is 18.0 Å². The van der Waals surface area contributed by atoms with Crippen molar-refractivity contribution in [1.82, 2.24) is 29.5 Å². The molecule has 148 valence electrons. The molecule has 2 aromatic heterocycles. The molecule has 2 aliphatic rings. The first-order valence-electron chi connectivity index (χ1n) is 9.35. The summed E-state index contributed by atoms with van der Waals surface area (Å²) in [5.41, 5.74) is 1.16. The topological polar surface area (TPSA) is 102 Å². The van der Waals surface area contributed by atoms with Crippen molar-refractivity contribution in [2.75, 3.05) is 25.4 Å². The first kappa shape index (κ1) is 17.9. The van der Waals surface area contributed by atoms with E-state index >= 15 is 0 Å². The quantitative estimate of drug-likeness (QED) is 0.634. The van der Waals surface area contributed by atoms with E-state index in [9.17, 15) is 14.4 Å². The van der Waals surface area contributed by atoms with Crippen LogP contribution in [-0.4, -0.2) is 61.4 Å². The molecule has 1 N–H and O–H groups in total. The van der Waals surface area contributed by atoms with Crippen molar-refractivity contribution < 1.29 is 9.59 Å². The molecule has 5 rings (SSSR count). The lowest BCUT2D eigenvalue weighted by atomic mass is 10.2. The van der Waals surface area contributed by atoms with Gasteiger partial charge in [-0.3, -0.25) is 19.0 Å². The number of aromatic nitrogens is 4. The number of nitrogens with zero attached hydrogens (tertiary/aromatic N) is 5. The van der Waals surface area contributed by atoms with Crippen LogP contribution in [0.25, 0.3) is 16.7 Å². The summed E-state index contributed by atoms with van der Waals surface area (Å²) in [6, 6.07) is 9.25. The molecule has 4 heterocycles. The van der Waals surface area contributed by atoms with Crippen LogP contribution in [0.15, 0.2) is 46.5 Å². The second-order valence-electron chi connectivity index (χ2n) is 7.03. The Morgan fingerprint density at radius 2 is 2.07 bits per heavy atom. The van der Waals surface area contributed by atoms with Crippen molar-refractivity contribution in [3.63, 3.8) is 0 Å². The molecule has 2 aliphatic heterocycles. The molecule has 0 saturated carbocycles. The SMILES string of the molecule is O=C1CN(C(=O)CC2CSc3nc4c(cnn4-c4ccccc4)c(=O)n32)CCN1. The van der Waals surface area contributed by atoms with Gasteiger partial charge in [0.2, 0.25) is 11.8 Å². The molecule has 1 aromatic carbocycles. The van der Waals surface area contributed by atoms with E-state index < -0.39 is 0 Å². The first-order valence-corrected chi connectivity index (χ1v) is 10.3. The van der Waals surface area contributed by atoms with Crippen LogP contribution in [0.4, 0.5) is 0 Å². The summed E-state index contributed by atoms with van der Waals surface area (Å²) in [5, 5.41) is 8.07. The lowest BCUT2D eigenvalue weighted by molar-refractivity contribution is -0.138. The van der Waals surface area contributed by atoms with Crippen molar-refractivity contribution in [2.24, 2.45) is 0 Å². The first-order chi connectivity index (χ1) is 14.1. The van der Waals surface area contributed by atoms with Crippen molar-refractivity contribution in [2.45, 2.75) is 17.6 Å². The highest BCUT2D eigenvalue weighted by Gasteiger charge is 2.31. The Labute approximate surface area is 169 Å². The van der Waals surface area contributed by atoms with Crippen LogP contribution in [0, 0.1) is 0 Å². The Bertz CT molecular complexity index is 1170. The molecular weight excluding hydrogens is 392 g/mol. The molecule has 0 radical (unpaired) electrons. The number of hydrogen-bond donors (Lipinski definition) is 1. The van der Waals surface area contributed by atoms with Crippen molar-refractivity contribution in [1.29, 1.82) is 0 Å². The highest BCUT2D eigenvalue weighted by Crippen LogP contribution is 2.33. The highest BCUT2D eigenvalue weighted by molar-refractivity contribution is 7.99. The molecule has 1 unspecified atom stereocenters. The maximum absolute atomic E-state index is 13.2. The van der Waals surface area contributed by atoms with Crippen LogP contribution in [0.2, 0.25) is 0 Å². The van der Waals surface area contributed by atoms with Gasteiger partial charge in [0.1, 0.15) is 5.39 Å². The fourth-order valence-corrected chi connectivity index (χ4v) is 4.85. The third kappa shape index (κ3) is 3.09. The molecule has 3 aromatic rings. The van der Waals surface area contributed by atoms with E-state index in [1.807, 2.05) is 30.3 Å². The summed E-state index contributed by atoms with van der Waals surface area (Å²) in [5.74, 6) is 0.323. The minimum atomic E-state index is -0.281. The number of para-hydroxylation sites is 1. The number of nitrogens with one attached hydrogen (secondary N) is 1. The van der Waals surface area contributed by atoms with Gasteiger partial charge in [0.15, 0.2) is 10.8 Å². The van der Waals surface area contributed by atoms with Gasteiger partial charge in [-0.25, -0.2) is 9.67 Å². The van der Waals surface area contributed by atoms with Crippen LogP contribution >= 0.6 is 11.8 Å². The molecule has 29 heavy (non-hydrogen) atoms. The van der Waals surface area contributed by atoms with Gasteiger partial charge in [-0.05, 0) is 12.1 Å². The van der Waals surface area contributed by atoms with E-state index in [0.717, 1.165) is 5.69 Å². The maximum atomic E-state index is 13.2. The summed E-state index contributed by atoms with van der Waals surface area (Å²) in [7, 11) is 0. The zero-order chi connectivity index (χ0) is 20.0. The number of fused-ring (bicyclic) bond motifs is 2. The summed E-state index contributed by atoms with van der Waals surface area (Å²) in [4.78, 5) is 43.6. The van der Waals surface area contributed by atoms with Gasteiger partial charge in [-0.2, -0.15) is 5.10 Å².